The molecule has 1 aliphatic heterocycles. The third kappa shape index (κ3) is 3.54. The maximum absolute atomic E-state index is 12.5. The van der Waals surface area contributed by atoms with Crippen molar-refractivity contribution in [1.29, 1.82) is 0 Å². The number of rotatable bonds is 5. The van der Waals surface area contributed by atoms with Gasteiger partial charge in [0.1, 0.15) is 0 Å². The molecule has 2 aromatic rings. The average molecular weight is 376 g/mol. The first-order chi connectivity index (χ1) is 12.3. The summed E-state index contributed by atoms with van der Waals surface area (Å²) in [5.41, 5.74) is 1.29. The first-order valence-electron chi connectivity index (χ1n) is 8.24. The fraction of sp³-hybridized carbons (Fsp3) is 0.353. The van der Waals surface area contributed by atoms with Gasteiger partial charge in [-0.05, 0) is 43.2 Å². The number of hydrogen-bond donors (Lipinski definition) is 1. The van der Waals surface area contributed by atoms with Crippen LogP contribution in [0.3, 0.4) is 0 Å². The Labute approximate surface area is 151 Å². The molecule has 9 heteroatoms. The number of carbonyl (C=O) groups is 1. The van der Waals surface area contributed by atoms with Crippen molar-refractivity contribution >= 4 is 21.6 Å². The minimum absolute atomic E-state index is 0.00411. The number of sulfonamides is 1. The molecule has 0 saturated heterocycles. The molecule has 3 rings (SSSR count). The van der Waals surface area contributed by atoms with Crippen LogP contribution < -0.4 is 15.2 Å². The van der Waals surface area contributed by atoms with Gasteiger partial charge in [-0.25, -0.2) is 17.8 Å². The van der Waals surface area contributed by atoms with Crippen LogP contribution in [0.25, 0.3) is 0 Å². The van der Waals surface area contributed by atoms with Crippen LogP contribution in [-0.4, -0.2) is 36.7 Å². The van der Waals surface area contributed by atoms with Crippen molar-refractivity contribution in [2.24, 2.45) is 0 Å². The Morgan fingerprint density at radius 1 is 1.35 bits per heavy atom. The van der Waals surface area contributed by atoms with Crippen LogP contribution in [-0.2, 0) is 27.8 Å². The van der Waals surface area contributed by atoms with Crippen molar-refractivity contribution in [3.05, 3.63) is 52.4 Å². The molecule has 1 aliphatic rings. The van der Waals surface area contributed by atoms with Crippen molar-refractivity contribution in [2.75, 3.05) is 11.4 Å². The number of nitrogens with one attached hydrogen (secondary N) is 1. The summed E-state index contributed by atoms with van der Waals surface area (Å²) in [5, 5.41) is 3.88. The van der Waals surface area contributed by atoms with Gasteiger partial charge >= 0.3 is 0 Å². The van der Waals surface area contributed by atoms with Crippen LogP contribution in [0.5, 0.6) is 0 Å². The van der Waals surface area contributed by atoms with Crippen molar-refractivity contribution in [3.8, 4) is 0 Å². The van der Waals surface area contributed by atoms with Crippen LogP contribution in [0.2, 0.25) is 0 Å². The number of hydrogen-bond acceptors (Lipinski definition) is 5. The van der Waals surface area contributed by atoms with E-state index in [1.54, 1.807) is 17.0 Å². The molecule has 0 bridgehead atoms. The second-order valence-electron chi connectivity index (χ2n) is 6.22. The molecule has 0 saturated carbocycles. The molecule has 1 atom stereocenters. The molecular weight excluding hydrogens is 356 g/mol. The van der Waals surface area contributed by atoms with Crippen molar-refractivity contribution in [2.45, 2.75) is 37.8 Å². The van der Waals surface area contributed by atoms with Crippen molar-refractivity contribution in [1.82, 2.24) is 14.5 Å². The van der Waals surface area contributed by atoms with Gasteiger partial charge in [-0.1, -0.05) is 0 Å². The zero-order valence-corrected chi connectivity index (χ0v) is 15.4. The minimum atomic E-state index is -3.72. The Morgan fingerprint density at radius 3 is 2.81 bits per heavy atom. The van der Waals surface area contributed by atoms with Gasteiger partial charge in [0, 0.05) is 37.5 Å². The van der Waals surface area contributed by atoms with E-state index in [1.807, 2.05) is 6.92 Å². The smallest absolute Gasteiger partial charge is 0.266 e. The summed E-state index contributed by atoms with van der Waals surface area (Å²) in [6, 6.07) is 7.65. The van der Waals surface area contributed by atoms with Crippen LogP contribution in [0.15, 0.2) is 46.2 Å². The Kier molecular flexibility index (Phi) is 4.92. The molecule has 0 aliphatic carbocycles. The molecule has 2 heterocycles. The summed E-state index contributed by atoms with van der Waals surface area (Å²) < 4.78 is 28.7. The molecule has 26 heavy (non-hydrogen) atoms. The predicted molar refractivity (Wildman–Crippen MR) is 96.5 cm³/mol. The highest BCUT2D eigenvalue weighted by atomic mass is 32.2. The third-order valence-corrected chi connectivity index (χ3v) is 5.78. The Morgan fingerprint density at radius 2 is 2.12 bits per heavy atom. The fourth-order valence-electron chi connectivity index (χ4n) is 3.18. The van der Waals surface area contributed by atoms with E-state index >= 15 is 0 Å². The van der Waals surface area contributed by atoms with Crippen molar-refractivity contribution < 1.29 is 13.2 Å². The molecule has 0 radical (unpaired) electrons. The average Bonchev–Trinajstić information content (AvgIpc) is 2.91. The lowest BCUT2D eigenvalue weighted by molar-refractivity contribution is -0.116. The summed E-state index contributed by atoms with van der Waals surface area (Å²) >= 11 is 0. The van der Waals surface area contributed by atoms with Gasteiger partial charge in [0.2, 0.25) is 15.9 Å². The molecule has 1 N–H and O–H groups in total. The molecule has 138 valence electrons. The van der Waals surface area contributed by atoms with E-state index in [-0.39, 0.29) is 35.5 Å². The summed E-state index contributed by atoms with van der Waals surface area (Å²) in [4.78, 5) is 25.2. The largest absolute Gasteiger partial charge is 0.309 e. The second-order valence-corrected chi connectivity index (χ2v) is 7.98. The van der Waals surface area contributed by atoms with Gasteiger partial charge in [0.05, 0.1) is 11.4 Å². The van der Waals surface area contributed by atoms with Crippen LogP contribution in [0.4, 0.5) is 5.69 Å². The van der Waals surface area contributed by atoms with Crippen LogP contribution >= 0.6 is 0 Å². The zero-order chi connectivity index (χ0) is 18.9. The number of amides is 1. The lowest BCUT2D eigenvalue weighted by Gasteiger charge is -2.20. The molecule has 1 amide bonds. The van der Waals surface area contributed by atoms with Crippen LogP contribution in [0, 0.1) is 0 Å². The molecule has 0 unspecified atom stereocenters. The third-order valence-electron chi connectivity index (χ3n) is 4.32. The van der Waals surface area contributed by atoms with Gasteiger partial charge in [0.25, 0.3) is 5.56 Å². The highest BCUT2D eigenvalue weighted by Crippen LogP contribution is 2.33. The summed E-state index contributed by atoms with van der Waals surface area (Å²) in [7, 11) is -3.72. The first kappa shape index (κ1) is 18.3. The minimum Gasteiger partial charge on any atom is -0.309 e. The lowest BCUT2D eigenvalue weighted by atomic mass is 10.1. The van der Waals surface area contributed by atoms with Gasteiger partial charge in [-0.15, -0.1) is 0 Å². The molecule has 0 fully saturated rings. The Hall–Kier alpha value is -2.52. The maximum atomic E-state index is 12.5. The predicted octanol–water partition coefficient (Wildman–Crippen LogP) is 0.519. The quantitative estimate of drug-likeness (QED) is 0.820. The fourth-order valence-corrected chi connectivity index (χ4v) is 4.25. The maximum Gasteiger partial charge on any atom is 0.266 e. The number of nitrogens with zero attached hydrogens (tertiary/aromatic N) is 3. The highest BCUT2D eigenvalue weighted by molar-refractivity contribution is 7.89. The van der Waals surface area contributed by atoms with E-state index in [0.717, 1.165) is 11.3 Å². The molecule has 1 aromatic heterocycles. The number of anilines is 1. The Balaban J connectivity index is 1.74. The SMILES string of the molecule is CC(=O)N1c2ccc(S(=O)(=O)NCCn3ncccc3=O)cc2C[C@H]1C. The second kappa shape index (κ2) is 7.00. The van der Waals surface area contributed by atoms with E-state index in [9.17, 15) is 18.0 Å². The number of fused-ring (bicyclic) bond motifs is 1. The topological polar surface area (TPSA) is 101 Å². The highest BCUT2D eigenvalue weighted by Gasteiger charge is 2.30. The van der Waals surface area contributed by atoms with E-state index in [0.29, 0.717) is 6.42 Å². The Bertz CT molecular complexity index is 1000. The van der Waals surface area contributed by atoms with Crippen molar-refractivity contribution in [3.63, 3.8) is 0 Å². The number of carbonyl (C=O) groups excluding carboxylic acids is 1. The number of aromatic nitrogens is 2. The van der Waals surface area contributed by atoms with Gasteiger partial charge in [-0.2, -0.15) is 5.10 Å². The first-order valence-corrected chi connectivity index (χ1v) is 9.72. The molecule has 8 nitrogen and oxygen atoms in total. The van der Waals surface area contributed by atoms with E-state index < -0.39 is 10.0 Å². The van der Waals surface area contributed by atoms with E-state index in [1.165, 1.54) is 36.0 Å². The van der Waals surface area contributed by atoms with E-state index in [4.69, 9.17) is 0 Å². The lowest BCUT2D eigenvalue weighted by Crippen LogP contribution is -2.33. The molecular formula is C17H20N4O4S. The van der Waals surface area contributed by atoms with Gasteiger partial charge in [0.15, 0.2) is 0 Å². The van der Waals surface area contributed by atoms with E-state index in [2.05, 4.69) is 9.82 Å². The van der Waals surface area contributed by atoms with Gasteiger partial charge < -0.3 is 4.90 Å². The van der Waals surface area contributed by atoms with Crippen LogP contribution in [0.1, 0.15) is 19.4 Å². The van der Waals surface area contributed by atoms with Gasteiger partial charge in [-0.3, -0.25) is 9.59 Å². The monoisotopic (exact) mass is 376 g/mol. The summed E-state index contributed by atoms with van der Waals surface area (Å²) in [6.45, 7) is 3.61. The normalized spacial score (nSPS) is 16.5. The number of benzene rings is 1. The molecule has 0 spiro atoms. The standard InChI is InChI=1S/C17H20N4O4S/c1-12-10-14-11-15(5-6-16(14)21(12)13(2)22)26(24,25)19-8-9-20-17(23)4-3-7-18-20/h3-7,11-12,19H,8-10H2,1-2H3/t12-/m1/s1. The zero-order valence-electron chi connectivity index (χ0n) is 14.5. The summed E-state index contributed by atoms with van der Waals surface area (Å²) in [5.74, 6) is -0.0641. The summed E-state index contributed by atoms with van der Waals surface area (Å²) in [6.07, 6.45) is 2.08. The molecule has 1 aromatic carbocycles.